The van der Waals surface area contributed by atoms with Gasteiger partial charge in [-0.15, -0.1) is 11.8 Å². The van der Waals surface area contributed by atoms with Crippen molar-refractivity contribution >= 4 is 40.9 Å². The zero-order valence-corrected chi connectivity index (χ0v) is 26.7. The second-order valence-electron chi connectivity index (χ2n) is 12.3. The number of anilines is 2. The van der Waals surface area contributed by atoms with Gasteiger partial charge in [0.15, 0.2) is 0 Å². The summed E-state index contributed by atoms with van der Waals surface area (Å²) < 4.78 is 4.01. The number of thioether (sulfide) groups is 1. The number of unbranched alkanes of at least 4 members (excludes halogenated alkanes) is 1. The molecule has 1 spiro atoms. The van der Waals surface area contributed by atoms with Crippen LogP contribution in [0, 0.1) is 25.7 Å². The number of para-hydroxylation sites is 1. The molecule has 8 nitrogen and oxygen atoms in total. The van der Waals surface area contributed by atoms with Gasteiger partial charge in [-0.25, -0.2) is 0 Å². The highest BCUT2D eigenvalue weighted by Crippen LogP contribution is 2.65. The molecule has 0 bridgehead atoms. The van der Waals surface area contributed by atoms with E-state index in [2.05, 4.69) is 12.2 Å². The Hall–Kier alpha value is -3.56. The van der Waals surface area contributed by atoms with Crippen LogP contribution in [0.3, 0.4) is 0 Å². The number of amides is 3. The lowest BCUT2D eigenvalue weighted by molar-refractivity contribution is -0.139. The summed E-state index contributed by atoms with van der Waals surface area (Å²) in [5.41, 5.74) is 3.60. The van der Waals surface area contributed by atoms with Crippen LogP contribution in [0.1, 0.15) is 37.8 Å². The minimum absolute atomic E-state index is 0.0133. The molecule has 4 aliphatic heterocycles. The molecule has 1 unspecified atom stereocenters. The van der Waals surface area contributed by atoms with E-state index in [1.165, 1.54) is 0 Å². The summed E-state index contributed by atoms with van der Waals surface area (Å²) in [7, 11) is 0. The molecule has 1 N–H and O–H groups in total. The number of fused-ring (bicyclic) bond motifs is 2. The molecular weight excluding hydrogens is 574 g/mol. The maximum atomic E-state index is 14.8. The van der Waals surface area contributed by atoms with Gasteiger partial charge in [-0.3, -0.25) is 14.4 Å². The SMILES string of the molecule is CCOc1ccc(N2CC=C[C@@]3(C)S[C@]45C=CCN(c6c(C)cccc6C)C(=O)C4N(CCCCO)C(=O)[C@@H]5[C@H]3C2=O)cc1. The van der Waals surface area contributed by atoms with Crippen LogP contribution in [0.5, 0.6) is 5.75 Å². The van der Waals surface area contributed by atoms with Gasteiger partial charge in [0.2, 0.25) is 11.8 Å². The average Bonchev–Trinajstić information content (AvgIpc) is 3.26. The van der Waals surface area contributed by atoms with Crippen molar-refractivity contribution in [3.05, 3.63) is 77.9 Å². The molecule has 44 heavy (non-hydrogen) atoms. The van der Waals surface area contributed by atoms with E-state index in [1.807, 2.05) is 87.2 Å². The van der Waals surface area contributed by atoms with Crippen LogP contribution in [0.2, 0.25) is 0 Å². The quantitative estimate of drug-likeness (QED) is 0.343. The average molecular weight is 616 g/mol. The van der Waals surface area contributed by atoms with Crippen molar-refractivity contribution in [3.63, 3.8) is 0 Å². The Morgan fingerprint density at radius 1 is 0.886 bits per heavy atom. The van der Waals surface area contributed by atoms with Gasteiger partial charge in [0.25, 0.3) is 5.91 Å². The molecule has 9 heteroatoms. The Kier molecular flexibility index (Phi) is 8.13. The molecule has 0 radical (unpaired) electrons. The van der Waals surface area contributed by atoms with Crippen molar-refractivity contribution in [2.45, 2.75) is 56.1 Å². The van der Waals surface area contributed by atoms with E-state index >= 15 is 0 Å². The number of aliphatic hydroxyl groups excluding tert-OH is 1. The van der Waals surface area contributed by atoms with E-state index in [4.69, 9.17) is 4.74 Å². The third kappa shape index (κ3) is 4.76. The number of aryl methyl sites for hydroxylation is 2. The van der Waals surface area contributed by atoms with Crippen molar-refractivity contribution in [1.29, 1.82) is 0 Å². The molecule has 6 rings (SSSR count). The molecule has 3 amide bonds. The fraction of sp³-hybridized carbons (Fsp3) is 0.457. The summed E-state index contributed by atoms with van der Waals surface area (Å²) in [5.74, 6) is -1.05. The number of benzene rings is 2. The molecule has 5 atom stereocenters. The van der Waals surface area contributed by atoms with Crippen molar-refractivity contribution in [3.8, 4) is 5.75 Å². The highest BCUT2D eigenvalue weighted by atomic mass is 32.2. The van der Waals surface area contributed by atoms with Crippen LogP contribution < -0.4 is 14.5 Å². The normalized spacial score (nSPS) is 29.4. The van der Waals surface area contributed by atoms with Gasteiger partial charge in [-0.05, 0) is 75.9 Å². The lowest BCUT2D eigenvalue weighted by Crippen LogP contribution is -2.53. The zero-order valence-electron chi connectivity index (χ0n) is 25.9. The predicted molar refractivity (Wildman–Crippen MR) is 174 cm³/mol. The monoisotopic (exact) mass is 615 g/mol. The third-order valence-electron chi connectivity index (χ3n) is 9.53. The standard InChI is InChI=1S/C35H41N3O5S/c1-5-43-26-15-13-25(14-16-26)36-20-9-17-34(4)27(31(36)40)28-32(41)38(19-6-7-22-39)30-33(42)37(21-10-18-35(28,30)44-34)29-23(2)11-8-12-24(29)3/h8-18,27-28,30,39H,5-7,19-22H2,1-4H3/t27-,28-,30?,34+,35-/m0/s1. The van der Waals surface area contributed by atoms with Gasteiger partial charge in [0.05, 0.1) is 23.2 Å². The van der Waals surface area contributed by atoms with Crippen LogP contribution in [0.25, 0.3) is 0 Å². The van der Waals surface area contributed by atoms with Gasteiger partial charge in [-0.2, -0.15) is 0 Å². The van der Waals surface area contributed by atoms with E-state index in [9.17, 15) is 19.5 Å². The first kappa shape index (κ1) is 30.5. The summed E-state index contributed by atoms with van der Waals surface area (Å²) in [6.45, 7) is 9.67. The molecule has 2 saturated heterocycles. The molecule has 4 aliphatic rings. The number of ether oxygens (including phenoxy) is 1. The number of hydrogen-bond donors (Lipinski definition) is 1. The number of carbonyl (C=O) groups is 3. The highest BCUT2D eigenvalue weighted by Gasteiger charge is 2.74. The molecule has 0 aromatic heterocycles. The summed E-state index contributed by atoms with van der Waals surface area (Å²) in [6.07, 6.45) is 9.27. The van der Waals surface area contributed by atoms with E-state index < -0.39 is 27.4 Å². The van der Waals surface area contributed by atoms with Crippen LogP contribution >= 0.6 is 11.8 Å². The van der Waals surface area contributed by atoms with Crippen molar-refractivity contribution in [2.75, 3.05) is 42.6 Å². The van der Waals surface area contributed by atoms with Crippen LogP contribution in [0.15, 0.2) is 66.8 Å². The minimum atomic E-state index is -0.917. The van der Waals surface area contributed by atoms with Crippen LogP contribution in [-0.2, 0) is 14.4 Å². The van der Waals surface area contributed by atoms with Gasteiger partial charge < -0.3 is 24.5 Å². The Labute approximate surface area is 263 Å². The third-order valence-corrected chi connectivity index (χ3v) is 11.3. The maximum absolute atomic E-state index is 14.8. The minimum Gasteiger partial charge on any atom is -0.494 e. The molecule has 2 fully saturated rings. The molecule has 0 saturated carbocycles. The Bertz CT molecular complexity index is 1500. The Morgan fingerprint density at radius 3 is 2.25 bits per heavy atom. The Balaban J connectivity index is 1.44. The number of likely N-dealkylation sites (tertiary alicyclic amines) is 1. The first-order valence-corrected chi connectivity index (χ1v) is 16.4. The number of aliphatic hydroxyl groups is 1. The van der Waals surface area contributed by atoms with Crippen molar-refractivity contribution < 1.29 is 24.2 Å². The number of carbonyl (C=O) groups excluding carboxylic acids is 3. The van der Waals surface area contributed by atoms with Gasteiger partial charge in [-0.1, -0.05) is 42.5 Å². The molecule has 0 aliphatic carbocycles. The van der Waals surface area contributed by atoms with E-state index in [0.29, 0.717) is 39.1 Å². The second kappa shape index (κ2) is 11.7. The summed E-state index contributed by atoms with van der Waals surface area (Å²) in [6, 6.07) is 12.7. The molecule has 2 aromatic carbocycles. The summed E-state index contributed by atoms with van der Waals surface area (Å²) in [5, 5.41) is 9.53. The largest absolute Gasteiger partial charge is 0.494 e. The second-order valence-corrected chi connectivity index (χ2v) is 14.1. The van der Waals surface area contributed by atoms with E-state index in [0.717, 1.165) is 28.3 Å². The summed E-state index contributed by atoms with van der Waals surface area (Å²) >= 11 is 1.59. The predicted octanol–water partition coefficient (Wildman–Crippen LogP) is 4.67. The zero-order chi connectivity index (χ0) is 31.2. The molecular formula is C35H41N3O5S. The number of hydrogen-bond acceptors (Lipinski definition) is 6. The van der Waals surface area contributed by atoms with Gasteiger partial charge in [0.1, 0.15) is 11.8 Å². The molecule has 4 heterocycles. The Morgan fingerprint density at radius 2 is 1.57 bits per heavy atom. The fourth-order valence-corrected chi connectivity index (χ4v) is 9.87. The molecule has 232 valence electrons. The lowest BCUT2D eigenvalue weighted by atomic mass is 9.74. The van der Waals surface area contributed by atoms with Crippen molar-refractivity contribution in [1.82, 2.24) is 4.90 Å². The number of nitrogens with zero attached hydrogens (tertiary/aromatic N) is 3. The maximum Gasteiger partial charge on any atom is 0.251 e. The van der Waals surface area contributed by atoms with E-state index in [-0.39, 0.29) is 24.3 Å². The molecule has 2 aromatic rings. The topological polar surface area (TPSA) is 90.4 Å². The smallest absolute Gasteiger partial charge is 0.251 e. The first-order chi connectivity index (χ1) is 21.2. The highest BCUT2D eigenvalue weighted by molar-refractivity contribution is 8.02. The van der Waals surface area contributed by atoms with E-state index in [1.54, 1.807) is 21.6 Å². The lowest BCUT2D eigenvalue weighted by Gasteiger charge is -2.37. The number of rotatable bonds is 8. The fourth-order valence-electron chi connectivity index (χ4n) is 7.71. The van der Waals surface area contributed by atoms with Crippen LogP contribution in [-0.4, -0.2) is 76.1 Å². The van der Waals surface area contributed by atoms with Crippen LogP contribution in [0.4, 0.5) is 11.4 Å². The first-order valence-electron chi connectivity index (χ1n) is 15.6. The van der Waals surface area contributed by atoms with Gasteiger partial charge in [0, 0.05) is 42.4 Å². The van der Waals surface area contributed by atoms with Gasteiger partial charge >= 0.3 is 0 Å². The van der Waals surface area contributed by atoms with Crippen molar-refractivity contribution in [2.24, 2.45) is 11.8 Å². The summed E-state index contributed by atoms with van der Waals surface area (Å²) in [4.78, 5) is 49.3.